The molecule has 1 aromatic carbocycles. The minimum absolute atomic E-state index is 0.845. The molecule has 16 heavy (non-hydrogen) atoms. The van der Waals surface area contributed by atoms with E-state index >= 15 is 0 Å². The Bertz CT molecular complexity index is 479. The van der Waals surface area contributed by atoms with Crippen LogP contribution in [0, 0.1) is 0 Å². The van der Waals surface area contributed by atoms with E-state index in [-0.39, 0.29) is 0 Å². The van der Waals surface area contributed by atoms with E-state index in [1.54, 1.807) is 6.20 Å². The molecular formula is C13H12N2O. The molecule has 0 unspecified atom stereocenters. The number of hydrogen-bond acceptors (Lipinski definition) is 3. The topological polar surface area (TPSA) is 38.1 Å². The Morgan fingerprint density at radius 2 is 1.69 bits per heavy atom. The third-order valence-corrected chi connectivity index (χ3v) is 1.98. The highest BCUT2D eigenvalue weighted by Crippen LogP contribution is 2.10. The van der Waals surface area contributed by atoms with E-state index in [1.165, 1.54) is 0 Å². The molecule has 80 valence electrons. The van der Waals surface area contributed by atoms with Gasteiger partial charge in [0, 0.05) is 17.8 Å². The van der Waals surface area contributed by atoms with Crippen LogP contribution in [0.25, 0.3) is 11.0 Å². The molecule has 1 aliphatic rings. The highest BCUT2D eigenvalue weighted by molar-refractivity contribution is 5.75. The molecule has 0 saturated carbocycles. The number of para-hydroxylation sites is 1. The van der Waals surface area contributed by atoms with Crippen LogP contribution in [-0.2, 0) is 0 Å². The molecule has 2 heterocycles. The maximum atomic E-state index is 4.87. The van der Waals surface area contributed by atoms with Crippen molar-refractivity contribution in [1.82, 2.24) is 10.5 Å². The quantitative estimate of drug-likeness (QED) is 0.729. The van der Waals surface area contributed by atoms with Crippen LogP contribution in [0.1, 0.15) is 0 Å². The van der Waals surface area contributed by atoms with Crippen molar-refractivity contribution < 1.29 is 4.52 Å². The van der Waals surface area contributed by atoms with Crippen molar-refractivity contribution in [3.63, 3.8) is 0 Å². The van der Waals surface area contributed by atoms with Gasteiger partial charge in [0.1, 0.15) is 0 Å². The van der Waals surface area contributed by atoms with Gasteiger partial charge in [-0.15, -0.1) is 0 Å². The van der Waals surface area contributed by atoms with Gasteiger partial charge in [-0.1, -0.05) is 29.4 Å². The smallest absolute Gasteiger partial charge is 0.166 e. The fourth-order valence-corrected chi connectivity index (χ4v) is 1.22. The van der Waals surface area contributed by atoms with Gasteiger partial charge in [0.25, 0.3) is 0 Å². The minimum atomic E-state index is 0.845. The molecule has 1 N–H and O–H groups in total. The second kappa shape index (κ2) is 5.56. The third-order valence-electron chi connectivity index (χ3n) is 1.98. The predicted octanol–water partition coefficient (Wildman–Crippen LogP) is 3.00. The maximum Gasteiger partial charge on any atom is 0.166 e. The molecule has 0 saturated heterocycles. The molecular weight excluding hydrogens is 200 g/mol. The number of fused-ring (bicyclic) bond motifs is 1. The molecule has 1 aromatic heterocycles. The van der Waals surface area contributed by atoms with E-state index in [1.807, 2.05) is 61.0 Å². The van der Waals surface area contributed by atoms with Crippen LogP contribution in [0.3, 0.4) is 0 Å². The molecule has 0 atom stereocenters. The van der Waals surface area contributed by atoms with E-state index in [0.717, 1.165) is 11.0 Å². The van der Waals surface area contributed by atoms with Crippen LogP contribution >= 0.6 is 0 Å². The summed E-state index contributed by atoms with van der Waals surface area (Å²) in [4.78, 5) is 0. The van der Waals surface area contributed by atoms with Crippen LogP contribution in [0.2, 0.25) is 0 Å². The van der Waals surface area contributed by atoms with Gasteiger partial charge < -0.3 is 9.84 Å². The SMILES string of the molecule is C1=CC=CNC=C1.c1ccc2oncc2c1. The Kier molecular flexibility index (Phi) is 3.55. The standard InChI is InChI=1S/C7H5NO.C6H7N/c1-2-4-7-6(3-1)5-8-9-7;1-2-4-6-7-5-3-1/h1-5H;1-7H. The van der Waals surface area contributed by atoms with Gasteiger partial charge in [-0.3, -0.25) is 0 Å². The van der Waals surface area contributed by atoms with Crippen molar-refractivity contribution in [1.29, 1.82) is 0 Å². The van der Waals surface area contributed by atoms with E-state index in [4.69, 9.17) is 4.52 Å². The van der Waals surface area contributed by atoms with Crippen molar-refractivity contribution in [2.75, 3.05) is 0 Å². The fourth-order valence-electron chi connectivity index (χ4n) is 1.22. The van der Waals surface area contributed by atoms with Crippen LogP contribution in [0.4, 0.5) is 0 Å². The minimum Gasteiger partial charge on any atom is -0.368 e. The van der Waals surface area contributed by atoms with Gasteiger partial charge in [-0.25, -0.2) is 0 Å². The zero-order valence-corrected chi connectivity index (χ0v) is 8.71. The molecule has 0 amide bonds. The summed E-state index contributed by atoms with van der Waals surface area (Å²) in [5, 5.41) is 7.60. The summed E-state index contributed by atoms with van der Waals surface area (Å²) in [5.41, 5.74) is 0.845. The second-order valence-corrected chi connectivity index (χ2v) is 3.13. The van der Waals surface area contributed by atoms with Gasteiger partial charge in [0.05, 0.1) is 6.20 Å². The Labute approximate surface area is 93.7 Å². The van der Waals surface area contributed by atoms with E-state index in [2.05, 4.69) is 10.5 Å². The van der Waals surface area contributed by atoms with Crippen molar-refractivity contribution >= 4 is 11.0 Å². The first kappa shape index (κ1) is 10.2. The predicted molar refractivity (Wildman–Crippen MR) is 64.6 cm³/mol. The van der Waals surface area contributed by atoms with E-state index in [0.29, 0.717) is 0 Å². The van der Waals surface area contributed by atoms with Gasteiger partial charge in [0.2, 0.25) is 0 Å². The lowest BCUT2D eigenvalue weighted by molar-refractivity contribution is 0.456. The Morgan fingerprint density at radius 3 is 2.44 bits per heavy atom. The highest BCUT2D eigenvalue weighted by Gasteiger charge is 1.91. The lowest BCUT2D eigenvalue weighted by atomic mass is 10.3. The molecule has 0 bridgehead atoms. The third kappa shape index (κ3) is 2.85. The summed E-state index contributed by atoms with van der Waals surface area (Å²) >= 11 is 0. The summed E-state index contributed by atoms with van der Waals surface area (Å²) in [6.45, 7) is 0. The van der Waals surface area contributed by atoms with Gasteiger partial charge in [0.15, 0.2) is 5.58 Å². The van der Waals surface area contributed by atoms with E-state index in [9.17, 15) is 0 Å². The Morgan fingerprint density at radius 1 is 0.938 bits per heavy atom. The lowest BCUT2D eigenvalue weighted by Crippen LogP contribution is -1.87. The zero-order valence-electron chi connectivity index (χ0n) is 8.71. The fraction of sp³-hybridized carbons (Fsp3) is 0. The first-order valence-electron chi connectivity index (χ1n) is 5.00. The molecule has 3 rings (SSSR count). The van der Waals surface area contributed by atoms with Crippen LogP contribution in [0.5, 0.6) is 0 Å². The first-order valence-corrected chi connectivity index (χ1v) is 5.00. The first-order chi connectivity index (χ1) is 7.97. The number of nitrogens with zero attached hydrogens (tertiary/aromatic N) is 1. The molecule has 1 aliphatic heterocycles. The summed E-state index contributed by atoms with van der Waals surface area (Å²) in [7, 11) is 0. The molecule has 0 spiro atoms. The van der Waals surface area contributed by atoms with Gasteiger partial charge in [-0.2, -0.15) is 0 Å². The molecule has 0 radical (unpaired) electrons. The Balaban J connectivity index is 0.000000125. The van der Waals surface area contributed by atoms with Gasteiger partial charge in [-0.05, 0) is 24.3 Å². The average molecular weight is 212 g/mol. The van der Waals surface area contributed by atoms with E-state index < -0.39 is 0 Å². The zero-order chi connectivity index (χ0) is 11.1. The number of nitrogens with one attached hydrogen (secondary N) is 1. The van der Waals surface area contributed by atoms with Crippen molar-refractivity contribution in [2.45, 2.75) is 0 Å². The summed E-state index contributed by atoms with van der Waals surface area (Å²) in [6, 6.07) is 7.74. The number of hydrogen-bond donors (Lipinski definition) is 1. The molecule has 3 nitrogen and oxygen atoms in total. The second-order valence-electron chi connectivity index (χ2n) is 3.13. The average Bonchev–Trinajstić information content (AvgIpc) is 2.61. The maximum absolute atomic E-state index is 4.87. The molecule has 2 aromatic rings. The van der Waals surface area contributed by atoms with Gasteiger partial charge >= 0.3 is 0 Å². The van der Waals surface area contributed by atoms with Crippen LogP contribution < -0.4 is 5.32 Å². The Hall–Kier alpha value is -2.29. The monoisotopic (exact) mass is 212 g/mol. The molecule has 3 heteroatoms. The van der Waals surface area contributed by atoms with Crippen LogP contribution in [-0.4, -0.2) is 5.16 Å². The normalized spacial score (nSPS) is 12.8. The van der Waals surface area contributed by atoms with Crippen molar-refractivity contribution in [2.24, 2.45) is 0 Å². The van der Waals surface area contributed by atoms with Crippen molar-refractivity contribution in [3.8, 4) is 0 Å². The number of rotatable bonds is 0. The summed E-state index contributed by atoms with van der Waals surface area (Å²) in [5.74, 6) is 0. The number of allylic oxidation sites excluding steroid dienone is 4. The highest BCUT2D eigenvalue weighted by atomic mass is 16.5. The number of aromatic nitrogens is 1. The largest absolute Gasteiger partial charge is 0.368 e. The molecule has 0 aliphatic carbocycles. The molecule has 0 fully saturated rings. The summed E-state index contributed by atoms with van der Waals surface area (Å²) in [6.07, 6.45) is 13.3. The van der Waals surface area contributed by atoms with Crippen molar-refractivity contribution in [3.05, 3.63) is 67.2 Å². The number of benzene rings is 1. The lowest BCUT2D eigenvalue weighted by Gasteiger charge is -1.79. The summed E-state index contributed by atoms with van der Waals surface area (Å²) < 4.78 is 4.87. The van der Waals surface area contributed by atoms with Crippen LogP contribution in [0.15, 0.2) is 71.7 Å².